The van der Waals surface area contributed by atoms with E-state index in [2.05, 4.69) is 33.9 Å². The number of nitrogens with two attached hydrogens (primary N) is 1. The lowest BCUT2D eigenvalue weighted by atomic mass is 9.97. The van der Waals surface area contributed by atoms with Gasteiger partial charge in [0.1, 0.15) is 11.6 Å². The highest BCUT2D eigenvalue weighted by atomic mass is 35.5. The molecule has 31 heavy (non-hydrogen) atoms. The molecule has 1 fully saturated rings. The Morgan fingerprint density at radius 3 is 2.55 bits per heavy atom. The molecule has 0 bridgehead atoms. The molecule has 5 nitrogen and oxygen atoms in total. The number of anilines is 1. The molecule has 0 saturated carbocycles. The highest BCUT2D eigenvalue weighted by Gasteiger charge is 2.26. The van der Waals surface area contributed by atoms with Crippen LogP contribution in [0.3, 0.4) is 0 Å². The van der Waals surface area contributed by atoms with Crippen molar-refractivity contribution in [1.29, 1.82) is 0 Å². The Bertz CT molecular complexity index is 733. The Morgan fingerprint density at radius 2 is 1.84 bits per heavy atom. The summed E-state index contributed by atoms with van der Waals surface area (Å²) in [5.41, 5.74) is 9.14. The van der Waals surface area contributed by atoms with Crippen LogP contribution in [0, 0.1) is 18.7 Å². The van der Waals surface area contributed by atoms with E-state index in [1.165, 1.54) is 6.07 Å². The number of nitrogen functional groups attached to an aromatic ring is 1. The standard InChI is InChI=1S/C21H30FN5.4ClH/c1-15-9-19(27-21(23)10-15)12-17-13-25-14-20(17)26-8-7-24-6-5-16-3-2-4-18(22)11-16;;;;/h2-4,9-11,17,20,24-26H,5-8,12-14H2,1H3,(H2,23,27);4*1H/t17-,20+;;;;/m0..../s1. The lowest BCUT2D eigenvalue weighted by Gasteiger charge is -2.20. The largest absolute Gasteiger partial charge is 0.384 e. The van der Waals surface area contributed by atoms with Crippen LogP contribution < -0.4 is 21.7 Å². The van der Waals surface area contributed by atoms with E-state index in [0.717, 1.165) is 62.4 Å². The lowest BCUT2D eigenvalue weighted by molar-refractivity contribution is 0.419. The van der Waals surface area contributed by atoms with Gasteiger partial charge in [-0.3, -0.25) is 0 Å². The van der Waals surface area contributed by atoms with Crippen molar-refractivity contribution in [3.05, 3.63) is 59.0 Å². The summed E-state index contributed by atoms with van der Waals surface area (Å²) in [6, 6.07) is 11.3. The van der Waals surface area contributed by atoms with Crippen molar-refractivity contribution in [3.63, 3.8) is 0 Å². The van der Waals surface area contributed by atoms with Crippen LogP contribution in [0.1, 0.15) is 16.8 Å². The molecule has 1 aromatic carbocycles. The highest BCUT2D eigenvalue weighted by Crippen LogP contribution is 2.17. The zero-order valence-electron chi connectivity index (χ0n) is 17.6. The molecule has 3 rings (SSSR count). The van der Waals surface area contributed by atoms with Crippen molar-refractivity contribution < 1.29 is 4.39 Å². The number of rotatable bonds is 9. The summed E-state index contributed by atoms with van der Waals surface area (Å²) in [6.45, 7) is 6.70. The van der Waals surface area contributed by atoms with Crippen molar-refractivity contribution in [2.45, 2.75) is 25.8 Å². The molecular weight excluding hydrogens is 483 g/mol. The minimum atomic E-state index is -0.168. The topological polar surface area (TPSA) is 75.0 Å². The molecule has 2 atom stereocenters. The zero-order valence-corrected chi connectivity index (χ0v) is 20.9. The van der Waals surface area contributed by atoms with Crippen LogP contribution >= 0.6 is 49.6 Å². The van der Waals surface area contributed by atoms with Crippen LogP contribution in [0.5, 0.6) is 0 Å². The average Bonchev–Trinajstić information content (AvgIpc) is 3.04. The molecule has 1 aromatic heterocycles. The predicted molar refractivity (Wildman–Crippen MR) is 137 cm³/mol. The fraction of sp³-hybridized carbons (Fsp3) is 0.476. The number of hydrogen-bond acceptors (Lipinski definition) is 5. The number of pyridine rings is 1. The van der Waals surface area contributed by atoms with Gasteiger partial charge in [0.2, 0.25) is 0 Å². The van der Waals surface area contributed by atoms with E-state index in [-0.39, 0.29) is 55.4 Å². The average molecular weight is 517 g/mol. The number of nitrogens with zero attached hydrogens (tertiary/aromatic N) is 1. The highest BCUT2D eigenvalue weighted by molar-refractivity contribution is 5.86. The summed E-state index contributed by atoms with van der Waals surface area (Å²) in [5.74, 6) is 0.952. The summed E-state index contributed by atoms with van der Waals surface area (Å²) in [7, 11) is 0. The van der Waals surface area contributed by atoms with E-state index in [0.29, 0.717) is 17.8 Å². The second-order valence-electron chi connectivity index (χ2n) is 7.37. The van der Waals surface area contributed by atoms with Gasteiger partial charge in [-0.1, -0.05) is 12.1 Å². The monoisotopic (exact) mass is 515 g/mol. The van der Waals surface area contributed by atoms with Gasteiger partial charge in [-0.25, -0.2) is 9.37 Å². The second-order valence-corrected chi connectivity index (χ2v) is 7.37. The normalized spacial score (nSPS) is 17.0. The van der Waals surface area contributed by atoms with Crippen molar-refractivity contribution in [1.82, 2.24) is 20.9 Å². The van der Waals surface area contributed by atoms with Gasteiger partial charge in [0, 0.05) is 31.4 Å². The van der Waals surface area contributed by atoms with E-state index in [9.17, 15) is 4.39 Å². The predicted octanol–water partition coefficient (Wildman–Crippen LogP) is 3.35. The zero-order chi connectivity index (χ0) is 19.1. The Labute approximate surface area is 209 Å². The van der Waals surface area contributed by atoms with E-state index in [4.69, 9.17) is 5.73 Å². The summed E-state index contributed by atoms with van der Waals surface area (Å²) in [6.07, 6.45) is 1.77. The van der Waals surface area contributed by atoms with Crippen molar-refractivity contribution in [2.75, 3.05) is 38.5 Å². The van der Waals surface area contributed by atoms with E-state index in [1.807, 2.05) is 12.1 Å². The maximum absolute atomic E-state index is 13.2. The summed E-state index contributed by atoms with van der Waals surface area (Å²) in [4.78, 5) is 4.47. The molecule has 1 aliphatic rings. The second kappa shape index (κ2) is 16.7. The summed E-state index contributed by atoms with van der Waals surface area (Å²) in [5, 5.41) is 10.5. The van der Waals surface area contributed by atoms with Gasteiger partial charge in [-0.2, -0.15) is 0 Å². The molecule has 0 radical (unpaired) electrons. The maximum atomic E-state index is 13.2. The molecule has 1 aliphatic heterocycles. The summed E-state index contributed by atoms with van der Waals surface area (Å²) < 4.78 is 13.2. The molecule has 2 aromatic rings. The quantitative estimate of drug-likeness (QED) is 0.384. The fourth-order valence-electron chi connectivity index (χ4n) is 3.72. The number of hydrogen-bond donors (Lipinski definition) is 4. The van der Waals surface area contributed by atoms with Gasteiger partial charge in [0.25, 0.3) is 0 Å². The van der Waals surface area contributed by atoms with Crippen LogP contribution in [-0.2, 0) is 12.8 Å². The molecular formula is C21H34Cl4FN5. The number of benzene rings is 1. The smallest absolute Gasteiger partial charge is 0.123 e. The Kier molecular flexibility index (Phi) is 17.4. The molecule has 1 saturated heterocycles. The molecule has 0 aliphatic carbocycles. The molecule has 0 unspecified atom stereocenters. The third kappa shape index (κ3) is 11.0. The van der Waals surface area contributed by atoms with Crippen molar-refractivity contribution in [3.8, 4) is 0 Å². The third-order valence-corrected chi connectivity index (χ3v) is 5.04. The van der Waals surface area contributed by atoms with Crippen LogP contribution in [0.4, 0.5) is 10.2 Å². The Morgan fingerprint density at radius 1 is 1.06 bits per heavy atom. The van der Waals surface area contributed by atoms with Crippen LogP contribution in [0.2, 0.25) is 0 Å². The SMILES string of the molecule is Cc1cc(N)nc(C[C@H]2CNC[C@H]2NCCNCCc2cccc(F)c2)c1.Cl.Cl.Cl.Cl. The van der Waals surface area contributed by atoms with Gasteiger partial charge in [-0.15, -0.1) is 49.6 Å². The number of aromatic nitrogens is 1. The minimum Gasteiger partial charge on any atom is -0.384 e. The third-order valence-electron chi connectivity index (χ3n) is 5.04. The first-order valence-electron chi connectivity index (χ1n) is 9.72. The number of halogens is 5. The Balaban J connectivity index is 0. The van der Waals surface area contributed by atoms with Crippen LogP contribution in [0.25, 0.3) is 0 Å². The first-order chi connectivity index (χ1) is 13.1. The van der Waals surface area contributed by atoms with Gasteiger partial charge in [-0.05, 0) is 74.2 Å². The fourth-order valence-corrected chi connectivity index (χ4v) is 3.72. The molecule has 10 heteroatoms. The van der Waals surface area contributed by atoms with Crippen LogP contribution in [-0.4, -0.2) is 43.7 Å². The van der Waals surface area contributed by atoms with Gasteiger partial charge < -0.3 is 21.7 Å². The lowest BCUT2D eigenvalue weighted by Crippen LogP contribution is -2.40. The molecule has 2 heterocycles. The van der Waals surface area contributed by atoms with Gasteiger partial charge in [0.15, 0.2) is 0 Å². The summed E-state index contributed by atoms with van der Waals surface area (Å²) >= 11 is 0. The molecule has 0 spiro atoms. The molecule has 178 valence electrons. The maximum Gasteiger partial charge on any atom is 0.123 e. The van der Waals surface area contributed by atoms with E-state index >= 15 is 0 Å². The van der Waals surface area contributed by atoms with E-state index in [1.54, 1.807) is 12.1 Å². The van der Waals surface area contributed by atoms with Crippen molar-refractivity contribution >= 4 is 55.4 Å². The van der Waals surface area contributed by atoms with Gasteiger partial charge >= 0.3 is 0 Å². The Hall–Kier alpha value is -0.860. The minimum absolute atomic E-state index is 0. The first kappa shape index (κ1) is 32.3. The number of nitrogens with one attached hydrogen (secondary N) is 3. The van der Waals surface area contributed by atoms with Crippen LogP contribution in [0.15, 0.2) is 36.4 Å². The first-order valence-corrected chi connectivity index (χ1v) is 9.72. The van der Waals surface area contributed by atoms with Crippen molar-refractivity contribution in [2.24, 2.45) is 5.92 Å². The molecule has 0 amide bonds. The number of aryl methyl sites for hydroxylation is 1. The van der Waals surface area contributed by atoms with Gasteiger partial charge in [0.05, 0.1) is 0 Å². The van der Waals surface area contributed by atoms with E-state index < -0.39 is 0 Å². The molecule has 5 N–H and O–H groups in total.